The fourth-order valence-electron chi connectivity index (χ4n) is 3.00. The predicted molar refractivity (Wildman–Crippen MR) is 76.2 cm³/mol. The second kappa shape index (κ2) is 4.93. The van der Waals surface area contributed by atoms with E-state index < -0.39 is 0 Å². The minimum Gasteiger partial charge on any atom is -0.399 e. The fraction of sp³-hybridized carbons (Fsp3) is 0.625. The van der Waals surface area contributed by atoms with Gasteiger partial charge in [0.1, 0.15) is 0 Å². The summed E-state index contributed by atoms with van der Waals surface area (Å²) in [4.78, 5) is 0. The lowest BCUT2D eigenvalue weighted by Crippen LogP contribution is -2.25. The molecule has 1 aromatic rings. The first kappa shape index (κ1) is 12.0. The number of nitrogens with two attached hydrogens (primary N) is 1. The molecule has 2 saturated carbocycles. The summed E-state index contributed by atoms with van der Waals surface area (Å²) in [7, 11) is 0. The van der Waals surface area contributed by atoms with Crippen molar-refractivity contribution < 1.29 is 0 Å². The van der Waals surface area contributed by atoms with Crippen LogP contribution < -0.4 is 11.1 Å². The molecule has 3 N–H and O–H groups in total. The topological polar surface area (TPSA) is 38.0 Å². The van der Waals surface area contributed by atoms with Gasteiger partial charge in [0.25, 0.3) is 0 Å². The molecule has 3 rings (SSSR count). The lowest BCUT2D eigenvalue weighted by molar-refractivity contribution is 0.378. The summed E-state index contributed by atoms with van der Waals surface area (Å²) in [6.45, 7) is 4.27. The van der Waals surface area contributed by atoms with E-state index in [2.05, 4.69) is 24.4 Å². The van der Waals surface area contributed by atoms with Gasteiger partial charge < -0.3 is 11.1 Å². The van der Waals surface area contributed by atoms with Gasteiger partial charge in [-0.3, -0.25) is 0 Å². The Morgan fingerprint density at radius 2 is 1.89 bits per heavy atom. The summed E-state index contributed by atoms with van der Waals surface area (Å²) in [6.07, 6.45) is 5.90. The van der Waals surface area contributed by atoms with Crippen LogP contribution in [0, 0.1) is 24.7 Å². The lowest BCUT2D eigenvalue weighted by atomic mass is 9.98. The Bertz CT molecular complexity index is 407. The molecule has 18 heavy (non-hydrogen) atoms. The quantitative estimate of drug-likeness (QED) is 0.755. The number of anilines is 1. The van der Waals surface area contributed by atoms with Crippen LogP contribution in [0.3, 0.4) is 0 Å². The van der Waals surface area contributed by atoms with Gasteiger partial charge in [-0.25, -0.2) is 0 Å². The van der Waals surface area contributed by atoms with Crippen LogP contribution in [0.15, 0.2) is 18.2 Å². The molecule has 0 unspecified atom stereocenters. The summed E-state index contributed by atoms with van der Waals surface area (Å²) in [5.41, 5.74) is 9.28. The van der Waals surface area contributed by atoms with Gasteiger partial charge >= 0.3 is 0 Å². The van der Waals surface area contributed by atoms with Gasteiger partial charge in [-0.15, -0.1) is 0 Å². The van der Waals surface area contributed by atoms with Gasteiger partial charge in [-0.2, -0.15) is 0 Å². The lowest BCUT2D eigenvalue weighted by Gasteiger charge is -2.16. The third-order valence-corrected chi connectivity index (χ3v) is 4.50. The summed E-state index contributed by atoms with van der Waals surface area (Å²) >= 11 is 0. The smallest absolute Gasteiger partial charge is 0.0343 e. The molecule has 2 aliphatic carbocycles. The van der Waals surface area contributed by atoms with E-state index in [0.717, 1.165) is 30.0 Å². The molecule has 0 spiro atoms. The van der Waals surface area contributed by atoms with Gasteiger partial charge in [-0.1, -0.05) is 12.1 Å². The zero-order chi connectivity index (χ0) is 12.5. The van der Waals surface area contributed by atoms with E-state index in [0.29, 0.717) is 0 Å². The molecule has 0 heterocycles. The Hall–Kier alpha value is -1.02. The average Bonchev–Trinajstić information content (AvgIpc) is 3.22. The van der Waals surface area contributed by atoms with E-state index in [-0.39, 0.29) is 0 Å². The van der Waals surface area contributed by atoms with E-state index in [1.54, 1.807) is 0 Å². The normalized spacial score (nSPS) is 19.4. The van der Waals surface area contributed by atoms with Crippen molar-refractivity contribution in [3.8, 4) is 0 Å². The van der Waals surface area contributed by atoms with Crippen LogP contribution in [0.5, 0.6) is 0 Å². The van der Waals surface area contributed by atoms with Gasteiger partial charge in [0.05, 0.1) is 0 Å². The minimum atomic E-state index is 0.896. The number of benzene rings is 1. The number of nitrogens with one attached hydrogen (secondary N) is 1. The molecule has 98 valence electrons. The Morgan fingerprint density at radius 3 is 2.44 bits per heavy atom. The summed E-state index contributed by atoms with van der Waals surface area (Å²) in [6, 6.07) is 6.36. The van der Waals surface area contributed by atoms with Gasteiger partial charge in [0, 0.05) is 12.2 Å². The number of nitrogen functional groups attached to an aromatic ring is 1. The van der Waals surface area contributed by atoms with E-state index in [1.165, 1.54) is 43.4 Å². The molecule has 0 aliphatic heterocycles. The molecular formula is C16H24N2. The van der Waals surface area contributed by atoms with Crippen LogP contribution in [0.4, 0.5) is 5.69 Å². The SMILES string of the molecule is Cc1cc(CNCC(C2CC2)C2CC2)ccc1N. The standard InChI is InChI=1S/C16H24N2/c1-11-8-12(2-7-16(11)17)9-18-10-15(13-3-4-13)14-5-6-14/h2,7-8,13-15,18H,3-6,9-10,17H2,1H3. The first-order chi connectivity index (χ1) is 8.74. The molecule has 1 aromatic carbocycles. The van der Waals surface area contributed by atoms with Crippen LogP contribution in [-0.2, 0) is 6.54 Å². The molecule has 0 bridgehead atoms. The van der Waals surface area contributed by atoms with Gasteiger partial charge in [-0.05, 0) is 74.1 Å². The minimum absolute atomic E-state index is 0.896. The van der Waals surface area contributed by atoms with Crippen molar-refractivity contribution in [3.63, 3.8) is 0 Å². The maximum Gasteiger partial charge on any atom is 0.0343 e. The Kier molecular flexibility index (Phi) is 3.29. The third-order valence-electron chi connectivity index (χ3n) is 4.50. The third kappa shape index (κ3) is 2.86. The van der Waals surface area contributed by atoms with Crippen LogP contribution in [0.2, 0.25) is 0 Å². The molecule has 0 aromatic heterocycles. The second-order valence-electron chi connectivity index (χ2n) is 6.16. The monoisotopic (exact) mass is 244 g/mol. The molecule has 0 amide bonds. The highest BCUT2D eigenvalue weighted by molar-refractivity contribution is 5.47. The molecule has 2 fully saturated rings. The number of hydrogen-bond donors (Lipinski definition) is 2. The van der Waals surface area contributed by atoms with Gasteiger partial charge in [0.2, 0.25) is 0 Å². The van der Waals surface area contributed by atoms with E-state index in [4.69, 9.17) is 5.73 Å². The van der Waals surface area contributed by atoms with E-state index in [1.807, 2.05) is 6.07 Å². The fourth-order valence-corrected chi connectivity index (χ4v) is 3.00. The summed E-state index contributed by atoms with van der Waals surface area (Å²) < 4.78 is 0. The highest BCUT2D eigenvalue weighted by Crippen LogP contribution is 2.48. The Balaban J connectivity index is 1.49. The highest BCUT2D eigenvalue weighted by atomic mass is 14.9. The Labute approximate surface area is 110 Å². The van der Waals surface area contributed by atoms with Crippen molar-refractivity contribution in [2.24, 2.45) is 17.8 Å². The molecular weight excluding hydrogens is 220 g/mol. The second-order valence-corrected chi connectivity index (χ2v) is 6.16. The number of hydrogen-bond acceptors (Lipinski definition) is 2. The number of rotatable bonds is 6. The zero-order valence-electron chi connectivity index (χ0n) is 11.3. The van der Waals surface area contributed by atoms with Crippen LogP contribution in [0.1, 0.15) is 36.8 Å². The van der Waals surface area contributed by atoms with Crippen LogP contribution in [-0.4, -0.2) is 6.54 Å². The van der Waals surface area contributed by atoms with Crippen molar-refractivity contribution in [3.05, 3.63) is 29.3 Å². The van der Waals surface area contributed by atoms with Crippen molar-refractivity contribution in [1.82, 2.24) is 5.32 Å². The number of aryl methyl sites for hydroxylation is 1. The van der Waals surface area contributed by atoms with Crippen molar-refractivity contribution in [1.29, 1.82) is 0 Å². The Morgan fingerprint density at radius 1 is 1.22 bits per heavy atom. The van der Waals surface area contributed by atoms with E-state index >= 15 is 0 Å². The first-order valence-electron chi connectivity index (χ1n) is 7.30. The van der Waals surface area contributed by atoms with Crippen molar-refractivity contribution in [2.75, 3.05) is 12.3 Å². The summed E-state index contributed by atoms with van der Waals surface area (Å²) in [5.74, 6) is 3.04. The molecule has 2 nitrogen and oxygen atoms in total. The zero-order valence-corrected chi connectivity index (χ0v) is 11.3. The highest BCUT2D eigenvalue weighted by Gasteiger charge is 2.40. The van der Waals surface area contributed by atoms with Crippen molar-refractivity contribution >= 4 is 5.69 Å². The first-order valence-corrected chi connectivity index (χ1v) is 7.30. The van der Waals surface area contributed by atoms with Crippen LogP contribution in [0.25, 0.3) is 0 Å². The van der Waals surface area contributed by atoms with E-state index in [9.17, 15) is 0 Å². The van der Waals surface area contributed by atoms with Crippen LogP contribution >= 0.6 is 0 Å². The molecule has 2 aliphatic rings. The molecule has 0 saturated heterocycles. The maximum absolute atomic E-state index is 5.84. The average molecular weight is 244 g/mol. The largest absolute Gasteiger partial charge is 0.399 e. The molecule has 0 atom stereocenters. The molecule has 0 radical (unpaired) electrons. The maximum atomic E-state index is 5.84. The predicted octanol–water partition coefficient (Wildman–Crippen LogP) is 3.10. The van der Waals surface area contributed by atoms with Crippen molar-refractivity contribution in [2.45, 2.75) is 39.2 Å². The van der Waals surface area contributed by atoms with Gasteiger partial charge in [0.15, 0.2) is 0 Å². The molecule has 2 heteroatoms. The summed E-state index contributed by atoms with van der Waals surface area (Å²) in [5, 5.41) is 3.65.